The van der Waals surface area contributed by atoms with E-state index in [0.29, 0.717) is 36.0 Å². The van der Waals surface area contributed by atoms with Gasteiger partial charge >= 0.3 is 6.03 Å². The van der Waals surface area contributed by atoms with Crippen molar-refractivity contribution in [3.63, 3.8) is 0 Å². The first-order valence-corrected chi connectivity index (χ1v) is 9.43. The van der Waals surface area contributed by atoms with Crippen molar-refractivity contribution in [1.82, 2.24) is 5.32 Å². The Morgan fingerprint density at radius 2 is 1.77 bits per heavy atom. The van der Waals surface area contributed by atoms with Gasteiger partial charge in [-0.05, 0) is 49.8 Å². The van der Waals surface area contributed by atoms with Gasteiger partial charge in [-0.3, -0.25) is 14.9 Å². The highest BCUT2D eigenvalue weighted by molar-refractivity contribution is 6.39. The second kappa shape index (κ2) is 9.09. The number of aryl methyl sites for hydroxylation is 1. The van der Waals surface area contributed by atoms with Crippen molar-refractivity contribution < 1.29 is 23.9 Å². The van der Waals surface area contributed by atoms with Crippen LogP contribution in [0.3, 0.4) is 0 Å². The van der Waals surface area contributed by atoms with Crippen LogP contribution in [0.1, 0.15) is 18.1 Å². The Morgan fingerprint density at radius 1 is 1.03 bits per heavy atom. The Balaban J connectivity index is 1.96. The van der Waals surface area contributed by atoms with E-state index in [1.807, 2.05) is 13.8 Å². The van der Waals surface area contributed by atoms with Crippen molar-refractivity contribution in [3.8, 4) is 11.5 Å². The predicted octanol–water partition coefficient (Wildman–Crippen LogP) is 3.62. The second-order valence-electron chi connectivity index (χ2n) is 6.53. The molecule has 1 N–H and O–H groups in total. The number of rotatable bonds is 7. The lowest BCUT2D eigenvalue weighted by Gasteiger charge is -2.26. The number of ether oxygens (including phenoxy) is 2. The maximum Gasteiger partial charge on any atom is 0.335 e. The van der Waals surface area contributed by atoms with E-state index in [2.05, 4.69) is 11.9 Å². The third-order valence-corrected chi connectivity index (χ3v) is 4.33. The van der Waals surface area contributed by atoms with Gasteiger partial charge in [0.25, 0.3) is 11.8 Å². The van der Waals surface area contributed by atoms with Crippen molar-refractivity contribution in [3.05, 3.63) is 71.8 Å². The summed E-state index contributed by atoms with van der Waals surface area (Å²) in [5, 5.41) is 2.21. The fourth-order valence-corrected chi connectivity index (χ4v) is 2.90. The molecule has 1 heterocycles. The molecule has 1 fully saturated rings. The van der Waals surface area contributed by atoms with Crippen LogP contribution in [0.2, 0.25) is 0 Å². The average molecular weight is 406 g/mol. The van der Waals surface area contributed by atoms with E-state index in [4.69, 9.17) is 9.47 Å². The molecule has 0 unspecified atom stereocenters. The van der Waals surface area contributed by atoms with E-state index in [0.717, 1.165) is 10.5 Å². The summed E-state index contributed by atoms with van der Waals surface area (Å²) in [7, 11) is 0. The normalized spacial score (nSPS) is 15.2. The molecule has 0 atom stereocenters. The first-order valence-electron chi connectivity index (χ1n) is 9.43. The van der Waals surface area contributed by atoms with Gasteiger partial charge in [-0.15, -0.1) is 0 Å². The molecular weight excluding hydrogens is 384 g/mol. The fraction of sp³-hybridized carbons (Fsp3) is 0.174. The standard InChI is InChI=1S/C23H22N2O5/c1-4-12-30-19-11-8-16(14-20(19)29-5-2)13-18-21(26)24-23(28)25(22(18)27)17-9-6-15(3)7-10-17/h4,6-11,13-14H,1,5,12H2,2-3H3,(H,24,26,28). The molecule has 7 nitrogen and oxygen atoms in total. The number of hydrogen-bond donors (Lipinski definition) is 1. The van der Waals surface area contributed by atoms with E-state index in [9.17, 15) is 14.4 Å². The van der Waals surface area contributed by atoms with Gasteiger partial charge in [-0.25, -0.2) is 9.69 Å². The molecule has 154 valence electrons. The van der Waals surface area contributed by atoms with Crippen LogP contribution in [0, 0.1) is 6.92 Å². The van der Waals surface area contributed by atoms with Gasteiger partial charge in [0.2, 0.25) is 0 Å². The zero-order valence-electron chi connectivity index (χ0n) is 16.8. The van der Waals surface area contributed by atoms with Gasteiger partial charge in [-0.1, -0.05) is 36.4 Å². The van der Waals surface area contributed by atoms with Crippen molar-refractivity contribution in [2.75, 3.05) is 18.1 Å². The topological polar surface area (TPSA) is 84.9 Å². The number of carbonyl (C=O) groups is 3. The molecule has 0 bridgehead atoms. The minimum absolute atomic E-state index is 0.155. The average Bonchev–Trinajstić information content (AvgIpc) is 2.72. The summed E-state index contributed by atoms with van der Waals surface area (Å²) < 4.78 is 11.2. The highest BCUT2D eigenvalue weighted by atomic mass is 16.5. The molecular formula is C23H22N2O5. The van der Waals surface area contributed by atoms with E-state index in [1.165, 1.54) is 6.08 Å². The minimum atomic E-state index is -0.783. The van der Waals surface area contributed by atoms with Crippen LogP contribution in [0.15, 0.2) is 60.7 Å². The zero-order chi connectivity index (χ0) is 21.7. The van der Waals surface area contributed by atoms with E-state index in [1.54, 1.807) is 48.5 Å². The number of carbonyl (C=O) groups excluding carboxylic acids is 3. The van der Waals surface area contributed by atoms with E-state index >= 15 is 0 Å². The Bertz CT molecular complexity index is 1020. The molecule has 1 saturated heterocycles. The second-order valence-corrected chi connectivity index (χ2v) is 6.53. The lowest BCUT2D eigenvalue weighted by Crippen LogP contribution is -2.54. The van der Waals surface area contributed by atoms with Crippen molar-refractivity contribution in [2.45, 2.75) is 13.8 Å². The largest absolute Gasteiger partial charge is 0.490 e. The maximum absolute atomic E-state index is 13.0. The molecule has 0 aliphatic carbocycles. The van der Waals surface area contributed by atoms with Gasteiger partial charge in [0.1, 0.15) is 12.2 Å². The molecule has 30 heavy (non-hydrogen) atoms. The molecule has 0 radical (unpaired) electrons. The Hall–Kier alpha value is -3.87. The van der Waals surface area contributed by atoms with E-state index < -0.39 is 17.8 Å². The quantitative estimate of drug-likeness (QED) is 0.431. The number of nitrogens with zero attached hydrogens (tertiary/aromatic N) is 1. The van der Waals surface area contributed by atoms with E-state index in [-0.39, 0.29) is 5.57 Å². The Kier molecular flexibility index (Phi) is 6.32. The minimum Gasteiger partial charge on any atom is -0.490 e. The van der Waals surface area contributed by atoms with Crippen molar-refractivity contribution in [1.29, 1.82) is 0 Å². The highest BCUT2D eigenvalue weighted by Crippen LogP contribution is 2.30. The molecule has 4 amide bonds. The third-order valence-electron chi connectivity index (χ3n) is 4.33. The smallest absolute Gasteiger partial charge is 0.335 e. The summed E-state index contributed by atoms with van der Waals surface area (Å²) >= 11 is 0. The number of nitrogens with one attached hydrogen (secondary N) is 1. The maximum atomic E-state index is 13.0. The fourth-order valence-electron chi connectivity index (χ4n) is 2.90. The number of hydrogen-bond acceptors (Lipinski definition) is 5. The van der Waals surface area contributed by atoms with Crippen molar-refractivity contribution >= 4 is 29.6 Å². The number of anilines is 1. The first-order chi connectivity index (χ1) is 14.4. The SMILES string of the molecule is C=CCOc1ccc(C=C2C(=O)NC(=O)N(c3ccc(C)cc3)C2=O)cc1OCC. The van der Waals surface area contributed by atoms with Crippen LogP contribution in [-0.2, 0) is 9.59 Å². The summed E-state index contributed by atoms with van der Waals surface area (Å²) in [6.07, 6.45) is 3.04. The summed E-state index contributed by atoms with van der Waals surface area (Å²) in [6, 6.07) is 11.1. The van der Waals surface area contributed by atoms with Crippen LogP contribution in [-0.4, -0.2) is 31.1 Å². The molecule has 2 aromatic rings. The molecule has 0 spiro atoms. The number of benzene rings is 2. The summed E-state index contributed by atoms with van der Waals surface area (Å²) in [5.41, 5.74) is 1.76. The van der Waals surface area contributed by atoms with Crippen LogP contribution in [0.4, 0.5) is 10.5 Å². The molecule has 7 heteroatoms. The third kappa shape index (κ3) is 4.41. The zero-order valence-corrected chi connectivity index (χ0v) is 16.8. The van der Waals surface area contributed by atoms with Gasteiger partial charge < -0.3 is 9.47 Å². The number of barbiturate groups is 1. The molecule has 3 rings (SSSR count). The van der Waals surface area contributed by atoms with Crippen LogP contribution >= 0.6 is 0 Å². The lowest BCUT2D eigenvalue weighted by atomic mass is 10.1. The number of imide groups is 2. The molecule has 1 aliphatic heterocycles. The predicted molar refractivity (Wildman–Crippen MR) is 113 cm³/mol. The monoisotopic (exact) mass is 406 g/mol. The summed E-state index contributed by atoms with van der Waals surface area (Å²) in [6.45, 7) is 8.08. The molecule has 0 saturated carbocycles. The highest BCUT2D eigenvalue weighted by Gasteiger charge is 2.36. The number of urea groups is 1. The van der Waals surface area contributed by atoms with Gasteiger partial charge in [-0.2, -0.15) is 0 Å². The summed E-state index contributed by atoms with van der Waals surface area (Å²) in [4.78, 5) is 38.5. The first kappa shape index (κ1) is 20.9. The van der Waals surface area contributed by atoms with Gasteiger partial charge in [0.15, 0.2) is 11.5 Å². The molecule has 0 aromatic heterocycles. The molecule has 1 aliphatic rings. The van der Waals surface area contributed by atoms with Gasteiger partial charge in [0, 0.05) is 0 Å². The van der Waals surface area contributed by atoms with Crippen LogP contribution in [0.5, 0.6) is 11.5 Å². The lowest BCUT2D eigenvalue weighted by molar-refractivity contribution is -0.122. The van der Waals surface area contributed by atoms with Crippen LogP contribution in [0.25, 0.3) is 6.08 Å². The number of amides is 4. The molecule has 2 aromatic carbocycles. The summed E-state index contributed by atoms with van der Waals surface area (Å²) in [5.74, 6) is -0.450. The van der Waals surface area contributed by atoms with Crippen molar-refractivity contribution in [2.24, 2.45) is 0 Å². The Morgan fingerprint density at radius 3 is 2.43 bits per heavy atom. The van der Waals surface area contributed by atoms with Gasteiger partial charge in [0.05, 0.1) is 12.3 Å². The Labute approximate surface area is 174 Å². The van der Waals surface area contributed by atoms with Crippen LogP contribution < -0.4 is 19.7 Å².